The molecule has 1 aliphatic rings. The molecule has 1 aliphatic carbocycles. The first-order chi connectivity index (χ1) is 17.7. The van der Waals surface area contributed by atoms with Crippen molar-refractivity contribution in [1.82, 2.24) is 25.3 Å². The molecule has 1 aromatic carbocycles. The van der Waals surface area contributed by atoms with Crippen molar-refractivity contribution in [3.63, 3.8) is 0 Å². The van der Waals surface area contributed by atoms with E-state index in [4.69, 9.17) is 14.2 Å². The van der Waals surface area contributed by atoms with E-state index in [1.807, 2.05) is 0 Å². The summed E-state index contributed by atoms with van der Waals surface area (Å²) in [6.07, 6.45) is 1.65. The maximum Gasteiger partial charge on any atom is 0.430 e. The average molecular weight is 516 g/mol. The topological polar surface area (TPSA) is 91.3 Å². The SMILES string of the molecule is C/C=C(\NC(C)c1ccc(COc2nc(-c3c(OC)ncnc3C3CC3)ncc2OC)cc1)C(F)(F)F. The van der Waals surface area contributed by atoms with Crippen LogP contribution in [0.25, 0.3) is 11.4 Å². The minimum absolute atomic E-state index is 0.162. The molecule has 1 fully saturated rings. The monoisotopic (exact) mass is 515 g/mol. The van der Waals surface area contributed by atoms with E-state index in [1.54, 1.807) is 31.2 Å². The van der Waals surface area contributed by atoms with Crippen LogP contribution >= 0.6 is 0 Å². The fourth-order valence-electron chi connectivity index (χ4n) is 3.83. The lowest BCUT2D eigenvalue weighted by atomic mass is 10.1. The Morgan fingerprint density at radius 2 is 1.81 bits per heavy atom. The second kappa shape index (κ2) is 11.0. The van der Waals surface area contributed by atoms with E-state index in [9.17, 15) is 13.2 Å². The molecule has 1 saturated carbocycles. The van der Waals surface area contributed by atoms with Crippen molar-refractivity contribution in [2.45, 2.75) is 51.4 Å². The van der Waals surface area contributed by atoms with Crippen molar-refractivity contribution in [2.24, 2.45) is 0 Å². The highest BCUT2D eigenvalue weighted by Gasteiger charge is 2.34. The van der Waals surface area contributed by atoms with Gasteiger partial charge in [-0.15, -0.1) is 0 Å². The van der Waals surface area contributed by atoms with Gasteiger partial charge in [0.2, 0.25) is 5.88 Å². The molecule has 0 saturated heterocycles. The molecule has 0 aliphatic heterocycles. The first-order valence-electron chi connectivity index (χ1n) is 11.8. The fourth-order valence-corrected chi connectivity index (χ4v) is 3.83. The van der Waals surface area contributed by atoms with Gasteiger partial charge in [0, 0.05) is 12.0 Å². The van der Waals surface area contributed by atoms with Crippen LogP contribution in [0, 0.1) is 0 Å². The molecule has 0 spiro atoms. The van der Waals surface area contributed by atoms with Gasteiger partial charge in [-0.1, -0.05) is 30.3 Å². The molecule has 1 atom stereocenters. The number of ether oxygens (including phenoxy) is 3. The average Bonchev–Trinajstić information content (AvgIpc) is 3.75. The number of nitrogens with zero attached hydrogens (tertiary/aromatic N) is 4. The molecule has 11 heteroatoms. The fraction of sp³-hybridized carbons (Fsp3) is 0.385. The van der Waals surface area contributed by atoms with Gasteiger partial charge in [-0.05, 0) is 37.8 Å². The largest absolute Gasteiger partial charge is 0.490 e. The molecule has 8 nitrogen and oxygen atoms in total. The van der Waals surface area contributed by atoms with Crippen LogP contribution in [-0.4, -0.2) is 40.3 Å². The third-order valence-corrected chi connectivity index (χ3v) is 5.99. The van der Waals surface area contributed by atoms with E-state index < -0.39 is 17.9 Å². The summed E-state index contributed by atoms with van der Waals surface area (Å²) in [4.78, 5) is 17.7. The predicted molar refractivity (Wildman–Crippen MR) is 130 cm³/mol. The summed E-state index contributed by atoms with van der Waals surface area (Å²) in [5.74, 6) is 1.67. The summed E-state index contributed by atoms with van der Waals surface area (Å²) >= 11 is 0. The van der Waals surface area contributed by atoms with Gasteiger partial charge in [0.25, 0.3) is 5.88 Å². The van der Waals surface area contributed by atoms with E-state index >= 15 is 0 Å². The van der Waals surface area contributed by atoms with Crippen LogP contribution in [0.2, 0.25) is 0 Å². The molecular weight excluding hydrogens is 487 g/mol. The summed E-state index contributed by atoms with van der Waals surface area (Å²) in [7, 11) is 3.03. The van der Waals surface area contributed by atoms with Crippen molar-refractivity contribution in [2.75, 3.05) is 14.2 Å². The molecular formula is C26H28F3N5O3. The number of nitrogens with one attached hydrogen (secondary N) is 1. The van der Waals surface area contributed by atoms with Crippen molar-refractivity contribution >= 4 is 0 Å². The number of alkyl halides is 3. The Kier molecular flexibility index (Phi) is 7.80. The van der Waals surface area contributed by atoms with Crippen molar-refractivity contribution in [3.8, 4) is 28.9 Å². The Hall–Kier alpha value is -3.89. The first kappa shape index (κ1) is 26.2. The van der Waals surface area contributed by atoms with Gasteiger partial charge in [-0.25, -0.2) is 15.0 Å². The Morgan fingerprint density at radius 1 is 1.08 bits per heavy atom. The molecule has 0 bridgehead atoms. The molecule has 196 valence electrons. The molecule has 1 N–H and O–H groups in total. The van der Waals surface area contributed by atoms with Crippen molar-refractivity contribution < 1.29 is 27.4 Å². The molecule has 2 aromatic heterocycles. The molecule has 3 aromatic rings. The highest BCUT2D eigenvalue weighted by molar-refractivity contribution is 5.66. The van der Waals surface area contributed by atoms with Gasteiger partial charge in [-0.2, -0.15) is 18.2 Å². The van der Waals surface area contributed by atoms with Crippen LogP contribution in [0.5, 0.6) is 17.5 Å². The zero-order valence-corrected chi connectivity index (χ0v) is 21.0. The highest BCUT2D eigenvalue weighted by atomic mass is 19.4. The lowest BCUT2D eigenvalue weighted by Crippen LogP contribution is -2.28. The van der Waals surface area contributed by atoms with Crippen LogP contribution in [0.3, 0.4) is 0 Å². The van der Waals surface area contributed by atoms with Crippen molar-refractivity contribution in [1.29, 1.82) is 0 Å². The second-order valence-electron chi connectivity index (χ2n) is 8.58. The van der Waals surface area contributed by atoms with Crippen LogP contribution < -0.4 is 19.5 Å². The molecule has 4 rings (SSSR count). The summed E-state index contributed by atoms with van der Waals surface area (Å²) in [5, 5.41) is 2.51. The van der Waals surface area contributed by atoms with E-state index in [2.05, 4.69) is 25.3 Å². The van der Waals surface area contributed by atoms with Gasteiger partial charge >= 0.3 is 6.18 Å². The van der Waals surface area contributed by atoms with Gasteiger partial charge in [0.1, 0.15) is 24.2 Å². The number of rotatable bonds is 10. The third-order valence-electron chi connectivity index (χ3n) is 5.99. The standard InChI is InChI=1S/C26H28F3N5O3/c1-5-20(26(27,28)29)33-15(2)17-8-6-16(7-9-17)13-37-24-19(35-3)12-30-23(34-24)21-22(18-10-11-18)31-14-32-25(21)36-4/h5-9,12,14-15,18,33H,10-11,13H2,1-4H3/b20-5-. The highest BCUT2D eigenvalue weighted by Crippen LogP contribution is 2.45. The summed E-state index contributed by atoms with van der Waals surface area (Å²) in [6, 6.07) is 6.58. The van der Waals surface area contributed by atoms with Crippen LogP contribution in [0.15, 0.2) is 48.6 Å². The number of methoxy groups -OCH3 is 2. The quantitative estimate of drug-likeness (QED) is 0.377. The number of halogens is 3. The first-order valence-corrected chi connectivity index (χ1v) is 11.8. The molecule has 2 heterocycles. The Labute approximate surface area is 212 Å². The number of hydrogen-bond acceptors (Lipinski definition) is 8. The van der Waals surface area contributed by atoms with Gasteiger partial charge < -0.3 is 19.5 Å². The van der Waals surface area contributed by atoms with Crippen molar-refractivity contribution in [3.05, 3.63) is 65.4 Å². The summed E-state index contributed by atoms with van der Waals surface area (Å²) < 4.78 is 55.9. The number of hydrogen-bond donors (Lipinski definition) is 1. The minimum atomic E-state index is -4.43. The smallest absolute Gasteiger partial charge is 0.430 e. The molecule has 37 heavy (non-hydrogen) atoms. The number of allylic oxidation sites excluding steroid dienone is 2. The second-order valence-corrected chi connectivity index (χ2v) is 8.58. The number of aromatic nitrogens is 4. The Bertz CT molecular complexity index is 1260. The zero-order chi connectivity index (χ0) is 26.6. The van der Waals surface area contributed by atoms with E-state index in [1.165, 1.54) is 33.7 Å². The van der Waals surface area contributed by atoms with E-state index in [-0.39, 0.29) is 12.5 Å². The summed E-state index contributed by atoms with van der Waals surface area (Å²) in [5.41, 5.74) is 2.21. The third kappa shape index (κ3) is 6.10. The Morgan fingerprint density at radius 3 is 2.41 bits per heavy atom. The molecule has 0 amide bonds. The van der Waals surface area contributed by atoms with Crippen LogP contribution in [0.1, 0.15) is 55.5 Å². The predicted octanol–water partition coefficient (Wildman–Crippen LogP) is 5.52. The van der Waals surface area contributed by atoms with E-state index in [0.29, 0.717) is 34.5 Å². The lowest BCUT2D eigenvalue weighted by Gasteiger charge is -2.20. The van der Waals surface area contributed by atoms with E-state index in [0.717, 1.165) is 30.2 Å². The van der Waals surface area contributed by atoms with Gasteiger partial charge in [0.05, 0.1) is 26.1 Å². The van der Waals surface area contributed by atoms with Crippen LogP contribution in [0.4, 0.5) is 13.2 Å². The lowest BCUT2D eigenvalue weighted by molar-refractivity contribution is -0.0978. The van der Waals surface area contributed by atoms with Crippen LogP contribution in [-0.2, 0) is 6.61 Å². The minimum Gasteiger partial charge on any atom is -0.490 e. The maximum absolute atomic E-state index is 13.0. The molecule has 1 unspecified atom stereocenters. The maximum atomic E-state index is 13.0. The zero-order valence-electron chi connectivity index (χ0n) is 21.0. The summed E-state index contributed by atoms with van der Waals surface area (Å²) in [6.45, 7) is 3.18. The molecule has 0 radical (unpaired) electrons. The Balaban J connectivity index is 1.51. The van der Waals surface area contributed by atoms with Gasteiger partial charge in [-0.3, -0.25) is 0 Å². The normalized spacial score (nSPS) is 14.7. The van der Waals surface area contributed by atoms with Gasteiger partial charge in [0.15, 0.2) is 11.6 Å². The number of benzene rings is 1.